The van der Waals surface area contributed by atoms with Gasteiger partial charge in [-0.05, 0) is 89.0 Å². The topological polar surface area (TPSA) is 166 Å². The number of amides is 2. The van der Waals surface area contributed by atoms with E-state index in [0.29, 0.717) is 58.6 Å². The van der Waals surface area contributed by atoms with E-state index in [0.717, 1.165) is 33.3 Å². The number of rotatable bonds is 15. The number of hydrogen-bond donors (Lipinski definition) is 2. The summed E-state index contributed by atoms with van der Waals surface area (Å²) in [5.74, 6) is -1.44. The van der Waals surface area contributed by atoms with Crippen molar-refractivity contribution in [2.75, 3.05) is 29.3 Å². The van der Waals surface area contributed by atoms with Crippen molar-refractivity contribution in [3.63, 3.8) is 0 Å². The predicted octanol–water partition coefficient (Wildman–Crippen LogP) is 8.05. The quantitative estimate of drug-likeness (QED) is 0.103. The van der Waals surface area contributed by atoms with Crippen molar-refractivity contribution >= 4 is 60.8 Å². The standard InChI is InChI=1S/C54H48FN7O8S/c1-35(52(64)56-42-19-20-43-41(28-42)30-47(68-32-36-12-6-3-7-13-36)51(50(43)55)61-31-48(63)58-71(61,66)67)60-26-24-39(25-27-60)40-18-21-44-46(29-40)59(2)54(65)62(44)45-22-23-49(69-33-37-14-8-4-9-15-37)57-53(45)70-34-38-16-10-5-11-17-38/h3-24,28-30,35H,25-27,31-34H2,1-2H3,(H,56,64)(H,58,63). The number of fused-ring (bicyclic) bond motifs is 2. The molecule has 2 aliphatic heterocycles. The number of nitrogens with zero attached hydrogens (tertiary/aromatic N) is 5. The highest BCUT2D eigenvalue weighted by Gasteiger charge is 2.38. The van der Waals surface area contributed by atoms with Crippen molar-refractivity contribution in [1.29, 1.82) is 0 Å². The van der Waals surface area contributed by atoms with Gasteiger partial charge in [-0.3, -0.25) is 23.6 Å². The lowest BCUT2D eigenvalue weighted by molar-refractivity contribution is -0.120. The number of imidazole rings is 1. The number of anilines is 2. The summed E-state index contributed by atoms with van der Waals surface area (Å²) in [7, 11) is -2.63. The summed E-state index contributed by atoms with van der Waals surface area (Å²) in [6, 6.07) is 43.6. The molecule has 71 heavy (non-hydrogen) atoms. The molecule has 2 N–H and O–H groups in total. The van der Waals surface area contributed by atoms with Gasteiger partial charge in [0.1, 0.15) is 43.5 Å². The zero-order chi connectivity index (χ0) is 49.2. The van der Waals surface area contributed by atoms with Gasteiger partial charge in [-0.15, -0.1) is 0 Å². The van der Waals surface area contributed by atoms with Crippen LogP contribution in [-0.2, 0) is 46.7 Å². The van der Waals surface area contributed by atoms with Crippen LogP contribution in [-0.4, -0.2) is 64.9 Å². The van der Waals surface area contributed by atoms with Crippen molar-refractivity contribution in [1.82, 2.24) is 23.7 Å². The molecule has 15 nitrogen and oxygen atoms in total. The summed E-state index contributed by atoms with van der Waals surface area (Å²) in [6.07, 6.45) is 2.73. The fourth-order valence-electron chi connectivity index (χ4n) is 8.84. The van der Waals surface area contributed by atoms with Gasteiger partial charge in [-0.25, -0.2) is 18.2 Å². The maximum atomic E-state index is 16.4. The maximum absolute atomic E-state index is 16.4. The molecule has 10 rings (SSSR count). The Bertz CT molecular complexity index is 3530. The van der Waals surface area contributed by atoms with E-state index in [1.165, 1.54) is 12.1 Å². The molecule has 0 aliphatic carbocycles. The summed E-state index contributed by atoms with van der Waals surface area (Å²) in [4.78, 5) is 46.8. The lowest BCUT2D eigenvalue weighted by Gasteiger charge is -2.31. The summed E-state index contributed by atoms with van der Waals surface area (Å²) < 4.78 is 66.3. The molecule has 6 aromatic carbocycles. The normalized spacial score (nSPS) is 15.1. The maximum Gasteiger partial charge on any atom is 0.333 e. The average molecular weight is 974 g/mol. The number of carbonyl (C=O) groups is 2. The minimum atomic E-state index is -4.36. The van der Waals surface area contributed by atoms with Gasteiger partial charge in [0.05, 0.1) is 17.1 Å². The van der Waals surface area contributed by atoms with Crippen molar-refractivity contribution in [3.8, 4) is 23.2 Å². The van der Waals surface area contributed by atoms with Crippen LogP contribution in [0, 0.1) is 5.82 Å². The number of hydrogen-bond acceptors (Lipinski definition) is 10. The Morgan fingerprint density at radius 2 is 1.45 bits per heavy atom. The van der Waals surface area contributed by atoms with E-state index in [9.17, 15) is 22.8 Å². The van der Waals surface area contributed by atoms with Gasteiger partial charge in [0, 0.05) is 37.3 Å². The molecular formula is C54H48FN7O8S. The van der Waals surface area contributed by atoms with E-state index in [4.69, 9.17) is 19.2 Å². The van der Waals surface area contributed by atoms with Crippen LogP contribution in [0.25, 0.3) is 33.1 Å². The first-order chi connectivity index (χ1) is 34.4. The van der Waals surface area contributed by atoms with E-state index in [-0.39, 0.29) is 47.5 Å². The first-order valence-electron chi connectivity index (χ1n) is 23.0. The molecule has 17 heteroatoms. The Morgan fingerprint density at radius 1 is 0.789 bits per heavy atom. The summed E-state index contributed by atoms with van der Waals surface area (Å²) >= 11 is 0. The number of aryl methyl sites for hydroxylation is 1. The molecule has 1 fully saturated rings. The molecule has 360 valence electrons. The minimum Gasteiger partial charge on any atom is -0.487 e. The highest BCUT2D eigenvalue weighted by atomic mass is 32.2. The van der Waals surface area contributed by atoms with Gasteiger partial charge in [-0.2, -0.15) is 13.4 Å². The second-order valence-electron chi connectivity index (χ2n) is 17.3. The molecule has 2 aromatic heterocycles. The molecule has 2 aliphatic rings. The van der Waals surface area contributed by atoms with Gasteiger partial charge < -0.3 is 19.5 Å². The van der Waals surface area contributed by atoms with Crippen LogP contribution in [0.1, 0.15) is 35.6 Å². The fraction of sp³-hybridized carbons (Fsp3) is 0.185. The Morgan fingerprint density at radius 3 is 2.08 bits per heavy atom. The Kier molecular flexibility index (Phi) is 12.8. The largest absolute Gasteiger partial charge is 0.487 e. The second kappa shape index (κ2) is 19.6. The third-order valence-corrected chi connectivity index (χ3v) is 14.1. The Balaban J connectivity index is 0.855. The van der Waals surface area contributed by atoms with Crippen LogP contribution >= 0.6 is 0 Å². The number of halogens is 1. The number of nitrogens with one attached hydrogen (secondary N) is 2. The summed E-state index contributed by atoms with van der Waals surface area (Å²) in [5.41, 5.74) is 6.34. The number of pyridine rings is 1. The monoisotopic (exact) mass is 973 g/mol. The molecule has 2 amide bonds. The smallest absolute Gasteiger partial charge is 0.333 e. The first-order valence-corrected chi connectivity index (χ1v) is 24.4. The second-order valence-corrected chi connectivity index (χ2v) is 18.9. The molecule has 4 heterocycles. The van der Waals surface area contributed by atoms with E-state index < -0.39 is 34.5 Å². The Hall–Kier alpha value is -8.28. The molecule has 0 spiro atoms. The van der Waals surface area contributed by atoms with Gasteiger partial charge in [0.2, 0.25) is 17.7 Å². The number of carbonyl (C=O) groups excluding carboxylic acids is 2. The van der Waals surface area contributed by atoms with Crippen LogP contribution in [0.15, 0.2) is 156 Å². The van der Waals surface area contributed by atoms with Crippen molar-refractivity contribution in [2.24, 2.45) is 7.05 Å². The van der Waals surface area contributed by atoms with E-state index in [2.05, 4.69) is 16.3 Å². The average Bonchev–Trinajstić information content (AvgIpc) is 3.81. The van der Waals surface area contributed by atoms with Crippen LogP contribution in [0.3, 0.4) is 0 Å². The SMILES string of the molecule is CC(C(=O)Nc1ccc2c(F)c(N3CC(=O)NS3(=O)=O)c(OCc3ccccc3)cc2c1)N1CC=C(c2ccc3c(c2)n(C)c(=O)n3-c2ccc(OCc3ccccc3)nc2OCc2ccccc2)CC1. The van der Waals surface area contributed by atoms with Crippen LogP contribution < -0.4 is 34.2 Å². The number of benzene rings is 6. The van der Waals surface area contributed by atoms with Gasteiger partial charge in [0.25, 0.3) is 5.91 Å². The number of aromatic nitrogens is 3. The summed E-state index contributed by atoms with van der Waals surface area (Å²) in [6.45, 7) is 2.83. The zero-order valence-corrected chi connectivity index (χ0v) is 39.6. The van der Waals surface area contributed by atoms with E-state index in [1.54, 1.807) is 40.4 Å². The first kappa shape index (κ1) is 46.4. The molecule has 0 bridgehead atoms. The molecule has 1 atom stereocenters. The lowest BCUT2D eigenvalue weighted by atomic mass is 9.98. The Labute approximate surface area is 408 Å². The van der Waals surface area contributed by atoms with Crippen molar-refractivity contribution < 1.29 is 36.6 Å². The van der Waals surface area contributed by atoms with E-state index >= 15 is 4.39 Å². The van der Waals surface area contributed by atoms with E-state index in [1.807, 2.05) is 121 Å². The van der Waals surface area contributed by atoms with Gasteiger partial charge in [0.15, 0.2) is 5.82 Å². The molecule has 1 unspecified atom stereocenters. The van der Waals surface area contributed by atoms with Gasteiger partial charge >= 0.3 is 15.9 Å². The third kappa shape index (κ3) is 9.69. The van der Waals surface area contributed by atoms with Crippen LogP contribution in [0.5, 0.6) is 17.5 Å². The van der Waals surface area contributed by atoms with Crippen molar-refractivity contribution in [3.05, 3.63) is 190 Å². The molecular weight excluding hydrogens is 926 g/mol. The fourth-order valence-corrected chi connectivity index (χ4v) is 10.0. The lowest BCUT2D eigenvalue weighted by Crippen LogP contribution is -2.44. The third-order valence-electron chi connectivity index (χ3n) is 12.7. The molecule has 0 saturated carbocycles. The summed E-state index contributed by atoms with van der Waals surface area (Å²) in [5, 5.41) is 3.38. The molecule has 0 radical (unpaired) electrons. The highest BCUT2D eigenvalue weighted by molar-refractivity contribution is 7.92. The molecule has 8 aromatic rings. The number of ether oxygens (including phenoxy) is 3. The van der Waals surface area contributed by atoms with Crippen LogP contribution in [0.4, 0.5) is 15.8 Å². The van der Waals surface area contributed by atoms with Crippen molar-refractivity contribution in [2.45, 2.75) is 39.2 Å². The zero-order valence-electron chi connectivity index (χ0n) is 38.7. The minimum absolute atomic E-state index is 0.00207. The van der Waals surface area contributed by atoms with Crippen LogP contribution in [0.2, 0.25) is 0 Å². The highest BCUT2D eigenvalue weighted by Crippen LogP contribution is 2.40. The predicted molar refractivity (Wildman–Crippen MR) is 269 cm³/mol. The van der Waals surface area contributed by atoms with Gasteiger partial charge in [-0.1, -0.05) is 103 Å². The molecule has 1 saturated heterocycles.